The Labute approximate surface area is 108 Å². The van der Waals surface area contributed by atoms with Gasteiger partial charge in [-0.2, -0.15) is 0 Å². The van der Waals surface area contributed by atoms with E-state index in [-0.39, 0.29) is 0 Å². The van der Waals surface area contributed by atoms with Crippen molar-refractivity contribution in [3.8, 4) is 0 Å². The lowest BCUT2D eigenvalue weighted by Gasteiger charge is -2.00. The first-order valence-electron chi connectivity index (χ1n) is 6.60. The Morgan fingerprint density at radius 1 is 1.33 bits per heavy atom. The zero-order chi connectivity index (χ0) is 12.8. The summed E-state index contributed by atoms with van der Waals surface area (Å²) in [6.45, 7) is 6.86. The van der Waals surface area contributed by atoms with E-state index in [9.17, 15) is 0 Å². The molecule has 4 heteroatoms. The summed E-state index contributed by atoms with van der Waals surface area (Å²) in [7, 11) is 0. The van der Waals surface area contributed by atoms with Crippen LogP contribution in [0.3, 0.4) is 0 Å². The molecule has 0 spiro atoms. The number of rotatable bonds is 7. The van der Waals surface area contributed by atoms with Gasteiger partial charge in [-0.1, -0.05) is 13.8 Å². The maximum Gasteiger partial charge on any atom is 0.208 e. The fourth-order valence-electron chi connectivity index (χ4n) is 1.90. The summed E-state index contributed by atoms with van der Waals surface area (Å²) in [4.78, 5) is 4.22. The quantitative estimate of drug-likeness (QED) is 0.818. The van der Waals surface area contributed by atoms with Gasteiger partial charge in [-0.25, -0.2) is 4.98 Å². The number of nitrogens with one attached hydrogen (secondary N) is 1. The first-order chi connectivity index (χ1) is 8.81. The van der Waals surface area contributed by atoms with Gasteiger partial charge in [0.15, 0.2) is 0 Å². The molecule has 0 fully saturated rings. The van der Waals surface area contributed by atoms with E-state index < -0.39 is 0 Å². The Hall–Kier alpha value is -1.55. The SMILES string of the molecule is CCCn1ccc(CNCc2ncc(CC)o2)c1. The van der Waals surface area contributed by atoms with Crippen molar-refractivity contribution in [2.45, 2.75) is 46.3 Å². The van der Waals surface area contributed by atoms with Gasteiger partial charge in [0.1, 0.15) is 5.76 Å². The van der Waals surface area contributed by atoms with E-state index in [0.717, 1.165) is 37.6 Å². The molecule has 2 heterocycles. The van der Waals surface area contributed by atoms with Gasteiger partial charge in [0.25, 0.3) is 0 Å². The van der Waals surface area contributed by atoms with Crippen LogP contribution >= 0.6 is 0 Å². The van der Waals surface area contributed by atoms with Crippen molar-refractivity contribution in [2.75, 3.05) is 0 Å². The highest BCUT2D eigenvalue weighted by Crippen LogP contribution is 2.05. The van der Waals surface area contributed by atoms with E-state index in [0.29, 0.717) is 6.54 Å². The van der Waals surface area contributed by atoms with E-state index in [1.165, 1.54) is 5.56 Å². The van der Waals surface area contributed by atoms with E-state index in [4.69, 9.17) is 4.42 Å². The lowest BCUT2D eigenvalue weighted by atomic mass is 10.3. The fraction of sp³-hybridized carbons (Fsp3) is 0.500. The molecule has 0 atom stereocenters. The minimum Gasteiger partial charge on any atom is -0.444 e. The maximum atomic E-state index is 5.54. The summed E-state index contributed by atoms with van der Waals surface area (Å²) in [5.41, 5.74) is 1.30. The largest absolute Gasteiger partial charge is 0.444 e. The van der Waals surface area contributed by atoms with Crippen LogP contribution in [-0.4, -0.2) is 9.55 Å². The van der Waals surface area contributed by atoms with Gasteiger partial charge >= 0.3 is 0 Å². The molecule has 4 nitrogen and oxygen atoms in total. The van der Waals surface area contributed by atoms with Crippen molar-refractivity contribution in [2.24, 2.45) is 0 Å². The first-order valence-corrected chi connectivity index (χ1v) is 6.60. The molecular formula is C14H21N3O. The zero-order valence-corrected chi connectivity index (χ0v) is 11.1. The van der Waals surface area contributed by atoms with Crippen LogP contribution in [0.5, 0.6) is 0 Å². The van der Waals surface area contributed by atoms with Gasteiger partial charge in [-0.15, -0.1) is 0 Å². The summed E-state index contributed by atoms with van der Waals surface area (Å²) < 4.78 is 7.76. The molecule has 18 heavy (non-hydrogen) atoms. The number of hydrogen-bond acceptors (Lipinski definition) is 3. The standard InChI is InChI=1S/C14H21N3O/c1-3-6-17-7-5-12(11-17)8-15-10-14-16-9-13(4-2)18-14/h5,7,9,11,15H,3-4,6,8,10H2,1-2H3. The van der Waals surface area contributed by atoms with Crippen LogP contribution in [0.1, 0.15) is 37.5 Å². The smallest absolute Gasteiger partial charge is 0.208 e. The van der Waals surface area contributed by atoms with Crippen LogP contribution in [0.15, 0.2) is 29.1 Å². The predicted molar refractivity (Wildman–Crippen MR) is 71.1 cm³/mol. The van der Waals surface area contributed by atoms with E-state index >= 15 is 0 Å². The second kappa shape index (κ2) is 6.40. The van der Waals surface area contributed by atoms with Gasteiger partial charge in [0.05, 0.1) is 12.7 Å². The molecule has 0 saturated heterocycles. The number of nitrogens with zero attached hydrogens (tertiary/aromatic N) is 2. The molecule has 0 amide bonds. The predicted octanol–water partition coefficient (Wildman–Crippen LogP) is 2.74. The summed E-state index contributed by atoms with van der Waals surface area (Å²) in [6, 6.07) is 2.15. The Bertz CT molecular complexity index is 473. The van der Waals surface area contributed by atoms with Gasteiger partial charge < -0.3 is 14.3 Å². The molecule has 0 saturated carbocycles. The van der Waals surface area contributed by atoms with Gasteiger partial charge in [0, 0.05) is 31.9 Å². The van der Waals surface area contributed by atoms with Crippen molar-refractivity contribution in [1.82, 2.24) is 14.9 Å². The Morgan fingerprint density at radius 2 is 2.22 bits per heavy atom. The van der Waals surface area contributed by atoms with E-state index in [2.05, 4.69) is 47.2 Å². The van der Waals surface area contributed by atoms with Crippen molar-refractivity contribution in [3.63, 3.8) is 0 Å². The van der Waals surface area contributed by atoms with Crippen molar-refractivity contribution < 1.29 is 4.42 Å². The summed E-state index contributed by atoms with van der Waals surface area (Å²) in [5, 5.41) is 3.34. The Morgan fingerprint density at radius 3 is 2.94 bits per heavy atom. The van der Waals surface area contributed by atoms with Gasteiger partial charge in [-0.05, 0) is 18.1 Å². The monoisotopic (exact) mass is 247 g/mol. The average Bonchev–Trinajstić information content (AvgIpc) is 2.99. The van der Waals surface area contributed by atoms with Crippen molar-refractivity contribution in [3.05, 3.63) is 41.9 Å². The third kappa shape index (κ3) is 3.47. The average molecular weight is 247 g/mol. The molecular weight excluding hydrogens is 226 g/mol. The molecule has 0 aromatic carbocycles. The normalized spacial score (nSPS) is 11.0. The summed E-state index contributed by atoms with van der Waals surface area (Å²) in [6.07, 6.45) is 8.17. The van der Waals surface area contributed by atoms with Crippen LogP contribution in [0.4, 0.5) is 0 Å². The molecule has 0 radical (unpaired) electrons. The molecule has 2 aromatic rings. The highest BCUT2D eigenvalue weighted by molar-refractivity contribution is 5.10. The topological polar surface area (TPSA) is 43.0 Å². The van der Waals surface area contributed by atoms with Crippen LogP contribution in [0, 0.1) is 0 Å². The lowest BCUT2D eigenvalue weighted by Crippen LogP contribution is -2.12. The third-order valence-electron chi connectivity index (χ3n) is 2.85. The summed E-state index contributed by atoms with van der Waals surface area (Å²) >= 11 is 0. The van der Waals surface area contributed by atoms with Crippen LogP contribution in [0.2, 0.25) is 0 Å². The second-order valence-electron chi connectivity index (χ2n) is 4.43. The van der Waals surface area contributed by atoms with Crippen molar-refractivity contribution >= 4 is 0 Å². The van der Waals surface area contributed by atoms with Crippen molar-refractivity contribution in [1.29, 1.82) is 0 Å². The van der Waals surface area contributed by atoms with E-state index in [1.807, 2.05) is 0 Å². The Kier molecular flexibility index (Phi) is 4.59. The molecule has 2 rings (SSSR count). The third-order valence-corrected chi connectivity index (χ3v) is 2.85. The summed E-state index contributed by atoms with van der Waals surface area (Å²) in [5.74, 6) is 1.71. The lowest BCUT2D eigenvalue weighted by molar-refractivity contribution is 0.439. The highest BCUT2D eigenvalue weighted by atomic mass is 16.4. The maximum absolute atomic E-state index is 5.54. The molecule has 2 aromatic heterocycles. The number of aromatic nitrogens is 2. The molecule has 0 aliphatic heterocycles. The minimum atomic E-state index is 0.680. The highest BCUT2D eigenvalue weighted by Gasteiger charge is 2.02. The number of hydrogen-bond donors (Lipinski definition) is 1. The van der Waals surface area contributed by atoms with Crippen LogP contribution in [0.25, 0.3) is 0 Å². The minimum absolute atomic E-state index is 0.680. The van der Waals surface area contributed by atoms with Gasteiger partial charge in [0.2, 0.25) is 5.89 Å². The van der Waals surface area contributed by atoms with Crippen LogP contribution in [-0.2, 0) is 26.1 Å². The molecule has 0 unspecified atom stereocenters. The van der Waals surface area contributed by atoms with E-state index in [1.54, 1.807) is 6.20 Å². The first kappa shape index (κ1) is 12.9. The zero-order valence-electron chi connectivity index (χ0n) is 11.1. The molecule has 1 N–H and O–H groups in total. The molecule has 0 aliphatic carbocycles. The number of aryl methyl sites for hydroxylation is 2. The fourth-order valence-corrected chi connectivity index (χ4v) is 1.90. The van der Waals surface area contributed by atoms with Crippen LogP contribution < -0.4 is 5.32 Å². The number of oxazole rings is 1. The molecule has 0 bridgehead atoms. The molecule has 0 aliphatic rings. The second-order valence-corrected chi connectivity index (χ2v) is 4.43. The van der Waals surface area contributed by atoms with Gasteiger partial charge in [-0.3, -0.25) is 0 Å². The Balaban J connectivity index is 1.77. The molecule has 98 valence electrons.